The fraction of sp³-hybridized carbons (Fsp3) is 0.0833. The number of nitro groups is 1. The molecule has 0 aliphatic rings. The summed E-state index contributed by atoms with van der Waals surface area (Å²) in [6, 6.07) is 8.83. The fourth-order valence-electron chi connectivity index (χ4n) is 1.48. The first kappa shape index (κ1) is 13.5. The van der Waals surface area contributed by atoms with Crippen molar-refractivity contribution in [3.05, 3.63) is 55.4 Å². The second-order valence-corrected chi connectivity index (χ2v) is 5.45. The van der Waals surface area contributed by atoms with Crippen LogP contribution in [0.25, 0.3) is 0 Å². The van der Waals surface area contributed by atoms with Crippen molar-refractivity contribution in [1.82, 2.24) is 0 Å². The number of nitrogens with one attached hydrogen (secondary N) is 1. The number of benzene rings is 1. The number of halogens is 1. The zero-order chi connectivity index (χ0) is 13.8. The minimum Gasteiger partial charge on any atom is -0.380 e. The highest BCUT2D eigenvalue weighted by Gasteiger charge is 2.09. The van der Waals surface area contributed by atoms with E-state index < -0.39 is 4.92 Å². The normalized spacial score (nSPS) is 9.89. The Morgan fingerprint density at radius 2 is 2.26 bits per heavy atom. The topological polar surface area (TPSA) is 79.0 Å². The third-order valence-electron chi connectivity index (χ3n) is 2.40. The highest BCUT2D eigenvalue weighted by atomic mass is 79.9. The summed E-state index contributed by atoms with van der Waals surface area (Å²) in [6.45, 7) is 0.495. The Kier molecular flexibility index (Phi) is 4.14. The highest BCUT2D eigenvalue weighted by Crippen LogP contribution is 2.26. The molecule has 2 aromatic rings. The summed E-state index contributed by atoms with van der Waals surface area (Å²) in [5.41, 5.74) is 2.27. The lowest BCUT2D eigenvalue weighted by molar-refractivity contribution is -0.380. The number of hydrogen-bond donors (Lipinski definition) is 1. The van der Waals surface area contributed by atoms with Crippen LogP contribution >= 0.6 is 27.3 Å². The van der Waals surface area contributed by atoms with Crippen LogP contribution in [0.2, 0.25) is 0 Å². The van der Waals surface area contributed by atoms with Gasteiger partial charge in [-0.05, 0) is 39.7 Å². The van der Waals surface area contributed by atoms with Crippen LogP contribution in [0.5, 0.6) is 0 Å². The molecular formula is C12H8BrN3O2S. The predicted molar refractivity (Wildman–Crippen MR) is 77.2 cm³/mol. The van der Waals surface area contributed by atoms with Crippen molar-refractivity contribution >= 4 is 38.0 Å². The summed E-state index contributed by atoms with van der Waals surface area (Å²) in [6.07, 6.45) is 0. The Balaban J connectivity index is 2.06. The summed E-state index contributed by atoms with van der Waals surface area (Å²) in [5, 5.41) is 24.4. The maximum Gasteiger partial charge on any atom is 0.324 e. The summed E-state index contributed by atoms with van der Waals surface area (Å²) in [4.78, 5) is 10.2. The van der Waals surface area contributed by atoms with Gasteiger partial charge in [0.2, 0.25) is 0 Å². The molecule has 7 heteroatoms. The number of hydrogen-bond acceptors (Lipinski definition) is 5. The average molecular weight is 338 g/mol. The van der Waals surface area contributed by atoms with Crippen LogP contribution in [0.1, 0.15) is 11.1 Å². The van der Waals surface area contributed by atoms with Crippen molar-refractivity contribution in [1.29, 1.82) is 5.26 Å². The lowest BCUT2D eigenvalue weighted by Gasteiger charge is -2.07. The SMILES string of the molecule is N#Cc1ccc(NCc2csc([N+](=O)[O-])c2)c(Br)c1. The Bertz CT molecular complexity index is 663. The van der Waals surface area contributed by atoms with Crippen molar-refractivity contribution in [2.75, 3.05) is 5.32 Å². The number of nitrogens with zero attached hydrogens (tertiary/aromatic N) is 2. The third-order valence-corrected chi connectivity index (χ3v) is 3.99. The second kappa shape index (κ2) is 5.82. The molecule has 0 fully saturated rings. The van der Waals surface area contributed by atoms with Crippen molar-refractivity contribution in [3.63, 3.8) is 0 Å². The molecule has 0 atom stereocenters. The van der Waals surface area contributed by atoms with Crippen molar-refractivity contribution in [2.45, 2.75) is 6.54 Å². The molecule has 5 nitrogen and oxygen atoms in total. The van der Waals surface area contributed by atoms with Crippen LogP contribution in [-0.4, -0.2) is 4.92 Å². The van der Waals surface area contributed by atoms with Crippen LogP contribution in [0.3, 0.4) is 0 Å². The molecule has 0 amide bonds. The molecule has 2 rings (SSSR count). The van der Waals surface area contributed by atoms with Crippen molar-refractivity contribution in [3.8, 4) is 6.07 Å². The van der Waals surface area contributed by atoms with Crippen LogP contribution in [0.15, 0.2) is 34.1 Å². The lowest BCUT2D eigenvalue weighted by Crippen LogP contribution is -1.99. The minimum atomic E-state index is -0.397. The van der Waals surface area contributed by atoms with E-state index >= 15 is 0 Å². The Hall–Kier alpha value is -1.91. The molecular weight excluding hydrogens is 330 g/mol. The summed E-state index contributed by atoms with van der Waals surface area (Å²) in [5.74, 6) is 0. The maximum absolute atomic E-state index is 10.6. The van der Waals surface area contributed by atoms with E-state index in [0.29, 0.717) is 12.1 Å². The largest absolute Gasteiger partial charge is 0.380 e. The van der Waals surface area contributed by atoms with Gasteiger partial charge in [-0.2, -0.15) is 5.26 Å². The molecule has 19 heavy (non-hydrogen) atoms. The van der Waals surface area contributed by atoms with E-state index in [4.69, 9.17) is 5.26 Å². The molecule has 0 saturated carbocycles. The van der Waals surface area contributed by atoms with Gasteiger partial charge in [-0.1, -0.05) is 11.3 Å². The van der Waals surface area contributed by atoms with Gasteiger partial charge in [0.25, 0.3) is 0 Å². The van der Waals surface area contributed by atoms with E-state index in [2.05, 4.69) is 27.3 Å². The molecule has 0 radical (unpaired) electrons. The molecule has 0 aliphatic heterocycles. The Morgan fingerprint density at radius 3 is 2.84 bits per heavy atom. The van der Waals surface area contributed by atoms with Crippen molar-refractivity contribution < 1.29 is 4.92 Å². The predicted octanol–water partition coefficient (Wildman–Crippen LogP) is 3.90. The Morgan fingerprint density at radius 1 is 1.47 bits per heavy atom. The fourth-order valence-corrected chi connectivity index (χ4v) is 2.72. The highest BCUT2D eigenvalue weighted by molar-refractivity contribution is 9.10. The van der Waals surface area contributed by atoms with E-state index in [0.717, 1.165) is 27.1 Å². The molecule has 1 aromatic carbocycles. The van der Waals surface area contributed by atoms with Gasteiger partial charge < -0.3 is 5.32 Å². The average Bonchev–Trinajstić information content (AvgIpc) is 2.86. The molecule has 0 spiro atoms. The third kappa shape index (κ3) is 3.30. The standard InChI is InChI=1S/C12H8BrN3O2S/c13-10-3-8(5-14)1-2-11(10)15-6-9-4-12(16(17)18)19-7-9/h1-4,7,15H,6H2. The van der Waals surface area contributed by atoms with Crippen LogP contribution < -0.4 is 5.32 Å². The van der Waals surface area contributed by atoms with Crippen LogP contribution in [0, 0.1) is 21.4 Å². The van der Waals surface area contributed by atoms with E-state index in [1.807, 2.05) is 0 Å². The summed E-state index contributed by atoms with van der Waals surface area (Å²) < 4.78 is 0.788. The zero-order valence-electron chi connectivity index (χ0n) is 9.59. The van der Waals surface area contributed by atoms with Crippen molar-refractivity contribution in [2.24, 2.45) is 0 Å². The van der Waals surface area contributed by atoms with Crippen LogP contribution in [0.4, 0.5) is 10.7 Å². The van der Waals surface area contributed by atoms with E-state index in [9.17, 15) is 10.1 Å². The van der Waals surface area contributed by atoms with Gasteiger partial charge in [-0.3, -0.25) is 10.1 Å². The molecule has 1 aromatic heterocycles. The monoisotopic (exact) mass is 337 g/mol. The first-order chi connectivity index (χ1) is 9.10. The number of nitriles is 1. The van der Waals surface area contributed by atoms with E-state index in [1.165, 1.54) is 0 Å². The van der Waals surface area contributed by atoms with Crippen LogP contribution in [-0.2, 0) is 6.54 Å². The maximum atomic E-state index is 10.6. The number of rotatable bonds is 4. The first-order valence-corrected chi connectivity index (χ1v) is 6.92. The van der Waals surface area contributed by atoms with Gasteiger partial charge in [-0.15, -0.1) is 0 Å². The molecule has 0 unspecified atom stereocenters. The Labute approximate surface area is 121 Å². The summed E-state index contributed by atoms with van der Waals surface area (Å²) >= 11 is 4.48. The molecule has 0 saturated heterocycles. The second-order valence-electron chi connectivity index (χ2n) is 3.71. The molecule has 1 N–H and O–H groups in total. The molecule has 96 valence electrons. The quantitative estimate of drug-likeness (QED) is 0.677. The first-order valence-electron chi connectivity index (χ1n) is 5.25. The van der Waals surface area contributed by atoms with Gasteiger partial charge in [0.15, 0.2) is 0 Å². The summed E-state index contributed by atoms with van der Waals surface area (Å²) in [7, 11) is 0. The van der Waals surface area contributed by atoms with E-state index in [1.54, 1.807) is 29.6 Å². The zero-order valence-corrected chi connectivity index (χ0v) is 12.0. The lowest BCUT2D eigenvalue weighted by atomic mass is 10.2. The molecule has 1 heterocycles. The molecule has 0 aliphatic carbocycles. The number of anilines is 1. The minimum absolute atomic E-state index is 0.135. The number of thiophene rings is 1. The van der Waals surface area contributed by atoms with Gasteiger partial charge in [0, 0.05) is 28.2 Å². The molecule has 0 bridgehead atoms. The van der Waals surface area contributed by atoms with E-state index in [-0.39, 0.29) is 5.00 Å². The smallest absolute Gasteiger partial charge is 0.324 e. The van der Waals surface area contributed by atoms with Gasteiger partial charge in [0.1, 0.15) is 0 Å². The van der Waals surface area contributed by atoms with Gasteiger partial charge in [-0.25, -0.2) is 0 Å². The van der Waals surface area contributed by atoms with Gasteiger partial charge in [0.05, 0.1) is 16.6 Å². The van der Waals surface area contributed by atoms with Gasteiger partial charge >= 0.3 is 5.00 Å².